The molecule has 0 aliphatic heterocycles. The minimum atomic E-state index is 0.680. The largest absolute Gasteiger partial charge is 0.309 e. The van der Waals surface area contributed by atoms with Gasteiger partial charge in [0.05, 0.1) is 22.4 Å². The quantitative estimate of drug-likeness (QED) is 0.118. The summed E-state index contributed by atoms with van der Waals surface area (Å²) in [5, 5.41) is 9.92. The smallest absolute Gasteiger partial charge is 0.160 e. The molecule has 312 valence electrons. The van der Waals surface area contributed by atoms with E-state index >= 15 is 0 Å². The Kier molecular flexibility index (Phi) is 9.17. The fourth-order valence-electron chi connectivity index (χ4n) is 10.2. The number of para-hydroxylation sites is 2. The molecule has 0 saturated heterocycles. The van der Waals surface area contributed by atoms with Gasteiger partial charge in [-0.3, -0.25) is 0 Å². The Morgan fingerprint density at radius 3 is 1.64 bits per heavy atom. The molecule has 2 aromatic heterocycles. The summed E-state index contributed by atoms with van der Waals surface area (Å²) in [5.41, 5.74) is 15.2. The molecule has 0 radical (unpaired) electrons. The minimum Gasteiger partial charge on any atom is -0.309 e. The Morgan fingerprint density at radius 2 is 0.836 bits per heavy atom. The molecule has 0 aliphatic carbocycles. The zero-order valence-corrected chi connectivity index (χ0v) is 36.5. The Labute approximate surface area is 388 Å². The van der Waals surface area contributed by atoms with E-state index in [1.807, 2.05) is 0 Å². The Morgan fingerprint density at radius 1 is 0.269 bits per heavy atom. The fraction of sp³-hybridized carbons (Fsp3) is 0. The standard InChI is InChI=1S/C64H41N3/c1-3-15-42(16-4-1)43-27-33-47(34-28-43)64-65-59(45-29-31-46(32-30-45)63-53-23-10-8-18-48(53)39-57-51-21-9-7-17-44(51)35-37-56(57)63)41-60(66-64)54-24-12-11-22-52(54)49-36-38-62-58(40-49)55-25-13-14-26-61(55)67(62)50-19-5-2-6-20-50/h1-41H. The highest BCUT2D eigenvalue weighted by molar-refractivity contribution is 6.20. The molecule has 0 saturated carbocycles. The molecule has 0 unspecified atom stereocenters. The van der Waals surface area contributed by atoms with Crippen LogP contribution in [0.3, 0.4) is 0 Å². The second kappa shape index (κ2) is 16.0. The molecule has 0 amide bonds. The molecule has 0 bridgehead atoms. The van der Waals surface area contributed by atoms with Crippen LogP contribution in [-0.4, -0.2) is 14.5 Å². The van der Waals surface area contributed by atoms with E-state index in [1.165, 1.54) is 70.8 Å². The van der Waals surface area contributed by atoms with Crippen molar-refractivity contribution in [3.63, 3.8) is 0 Å². The average Bonchev–Trinajstić information content (AvgIpc) is 3.74. The van der Waals surface area contributed by atoms with Gasteiger partial charge in [-0.05, 0) is 108 Å². The van der Waals surface area contributed by atoms with Crippen LogP contribution in [0.4, 0.5) is 0 Å². The van der Waals surface area contributed by atoms with E-state index in [-0.39, 0.29) is 0 Å². The van der Waals surface area contributed by atoms with Gasteiger partial charge >= 0.3 is 0 Å². The third kappa shape index (κ3) is 6.67. The van der Waals surface area contributed by atoms with Gasteiger partial charge in [-0.2, -0.15) is 0 Å². The first-order valence-corrected chi connectivity index (χ1v) is 22.9. The molecule has 11 aromatic carbocycles. The maximum absolute atomic E-state index is 5.39. The molecule has 0 spiro atoms. The van der Waals surface area contributed by atoms with Crippen LogP contribution < -0.4 is 0 Å². The van der Waals surface area contributed by atoms with Gasteiger partial charge in [-0.15, -0.1) is 0 Å². The maximum atomic E-state index is 5.39. The first-order valence-electron chi connectivity index (χ1n) is 22.9. The summed E-state index contributed by atoms with van der Waals surface area (Å²) in [5.74, 6) is 0.680. The SMILES string of the molecule is c1ccc(-c2ccc(-c3nc(-c4ccc(-c5c6ccccc6cc6c5ccc5ccccc56)cc4)cc(-c4ccccc4-c4ccc5c(c4)c4ccccc4n5-c4ccccc4)n3)cc2)cc1. The fourth-order valence-corrected chi connectivity index (χ4v) is 10.2. The molecule has 0 aliphatic rings. The highest BCUT2D eigenvalue weighted by atomic mass is 15.0. The Hall–Kier alpha value is -8.92. The summed E-state index contributed by atoms with van der Waals surface area (Å²) >= 11 is 0. The normalized spacial score (nSPS) is 11.6. The van der Waals surface area contributed by atoms with E-state index in [2.05, 4.69) is 253 Å². The van der Waals surface area contributed by atoms with Crippen molar-refractivity contribution in [3.05, 3.63) is 249 Å². The van der Waals surface area contributed by atoms with Gasteiger partial charge < -0.3 is 4.57 Å². The Bertz CT molecular complexity index is 4000. The lowest BCUT2D eigenvalue weighted by Crippen LogP contribution is -1.97. The van der Waals surface area contributed by atoms with Crippen LogP contribution in [0.1, 0.15) is 0 Å². The summed E-state index contributed by atoms with van der Waals surface area (Å²) in [7, 11) is 0. The van der Waals surface area contributed by atoms with Crippen LogP contribution in [0.5, 0.6) is 0 Å². The second-order valence-electron chi connectivity index (χ2n) is 17.3. The van der Waals surface area contributed by atoms with Crippen LogP contribution in [0.15, 0.2) is 249 Å². The highest BCUT2D eigenvalue weighted by Crippen LogP contribution is 2.42. The number of nitrogens with zero attached hydrogens (tertiary/aromatic N) is 3. The van der Waals surface area contributed by atoms with Crippen molar-refractivity contribution in [2.24, 2.45) is 0 Å². The molecule has 3 heteroatoms. The van der Waals surface area contributed by atoms with Gasteiger partial charge in [-0.25, -0.2) is 9.97 Å². The van der Waals surface area contributed by atoms with Crippen LogP contribution >= 0.6 is 0 Å². The molecule has 3 nitrogen and oxygen atoms in total. The van der Waals surface area contributed by atoms with Gasteiger partial charge in [0.2, 0.25) is 0 Å². The third-order valence-corrected chi connectivity index (χ3v) is 13.4. The van der Waals surface area contributed by atoms with Gasteiger partial charge in [0.15, 0.2) is 5.82 Å². The lowest BCUT2D eigenvalue weighted by molar-refractivity contribution is 1.18. The van der Waals surface area contributed by atoms with E-state index in [0.717, 1.165) is 50.5 Å². The van der Waals surface area contributed by atoms with Crippen molar-refractivity contribution in [1.29, 1.82) is 0 Å². The van der Waals surface area contributed by atoms with Gasteiger partial charge in [0, 0.05) is 33.2 Å². The lowest BCUT2D eigenvalue weighted by atomic mass is 9.89. The van der Waals surface area contributed by atoms with Crippen molar-refractivity contribution in [1.82, 2.24) is 14.5 Å². The number of hydrogen-bond acceptors (Lipinski definition) is 2. The van der Waals surface area contributed by atoms with Crippen molar-refractivity contribution in [2.45, 2.75) is 0 Å². The number of hydrogen-bond donors (Lipinski definition) is 0. The molecule has 13 rings (SSSR count). The van der Waals surface area contributed by atoms with Crippen LogP contribution in [0, 0.1) is 0 Å². The molecule has 0 fully saturated rings. The first kappa shape index (κ1) is 38.5. The monoisotopic (exact) mass is 851 g/mol. The maximum Gasteiger partial charge on any atom is 0.160 e. The zero-order valence-electron chi connectivity index (χ0n) is 36.5. The van der Waals surface area contributed by atoms with Crippen molar-refractivity contribution >= 4 is 54.1 Å². The summed E-state index contributed by atoms with van der Waals surface area (Å²) in [6.45, 7) is 0. The molecular weight excluding hydrogens is 811 g/mol. The van der Waals surface area contributed by atoms with Gasteiger partial charge in [-0.1, -0.05) is 206 Å². The van der Waals surface area contributed by atoms with Crippen LogP contribution in [0.2, 0.25) is 0 Å². The summed E-state index contributed by atoms with van der Waals surface area (Å²) in [4.78, 5) is 10.7. The first-order chi connectivity index (χ1) is 33.2. The number of benzene rings is 11. The number of rotatable bonds is 7. The molecule has 2 heterocycles. The van der Waals surface area contributed by atoms with Crippen molar-refractivity contribution in [2.75, 3.05) is 0 Å². The van der Waals surface area contributed by atoms with Crippen molar-refractivity contribution in [3.8, 4) is 73.0 Å². The molecule has 0 N–H and O–H groups in total. The highest BCUT2D eigenvalue weighted by Gasteiger charge is 2.18. The van der Waals surface area contributed by atoms with E-state index in [4.69, 9.17) is 9.97 Å². The van der Waals surface area contributed by atoms with Crippen molar-refractivity contribution < 1.29 is 0 Å². The summed E-state index contributed by atoms with van der Waals surface area (Å²) in [6, 6.07) is 89.4. The molecule has 13 aromatic rings. The summed E-state index contributed by atoms with van der Waals surface area (Å²) < 4.78 is 2.36. The van der Waals surface area contributed by atoms with Crippen LogP contribution in [-0.2, 0) is 0 Å². The summed E-state index contributed by atoms with van der Waals surface area (Å²) in [6.07, 6.45) is 0. The van der Waals surface area contributed by atoms with Gasteiger partial charge in [0.25, 0.3) is 0 Å². The van der Waals surface area contributed by atoms with E-state index < -0.39 is 0 Å². The third-order valence-electron chi connectivity index (χ3n) is 13.4. The predicted octanol–water partition coefficient (Wildman–Crippen LogP) is 17.0. The number of aromatic nitrogens is 3. The van der Waals surface area contributed by atoms with E-state index in [9.17, 15) is 0 Å². The predicted molar refractivity (Wildman–Crippen MR) is 282 cm³/mol. The second-order valence-corrected chi connectivity index (χ2v) is 17.3. The van der Waals surface area contributed by atoms with Crippen LogP contribution in [0.25, 0.3) is 127 Å². The molecule has 0 atom stereocenters. The average molecular weight is 852 g/mol. The topological polar surface area (TPSA) is 30.7 Å². The van der Waals surface area contributed by atoms with E-state index in [0.29, 0.717) is 5.82 Å². The van der Waals surface area contributed by atoms with Gasteiger partial charge in [0.1, 0.15) is 0 Å². The molecule has 67 heavy (non-hydrogen) atoms. The minimum absolute atomic E-state index is 0.680. The zero-order chi connectivity index (χ0) is 44.3. The Balaban J connectivity index is 0.963. The lowest BCUT2D eigenvalue weighted by Gasteiger charge is -2.15. The van der Waals surface area contributed by atoms with E-state index in [1.54, 1.807) is 0 Å². The molecular formula is C64H41N3. The number of fused-ring (bicyclic) bond motifs is 7.